The molecule has 0 amide bonds. The van der Waals surface area contributed by atoms with E-state index in [4.69, 9.17) is 10.5 Å². The molecule has 1 saturated heterocycles. The highest BCUT2D eigenvalue weighted by Gasteiger charge is 2.44. The van der Waals surface area contributed by atoms with Crippen LogP contribution in [-0.2, 0) is 4.74 Å². The Bertz CT molecular complexity index is 581. The molecule has 3 unspecified atom stereocenters. The Kier molecular flexibility index (Phi) is 1.52. The van der Waals surface area contributed by atoms with Gasteiger partial charge in [-0.3, -0.25) is 0 Å². The molecule has 0 aliphatic carbocycles. The zero-order valence-corrected chi connectivity index (χ0v) is 8.76. The summed E-state index contributed by atoms with van der Waals surface area (Å²) in [5.41, 5.74) is 9.34. The van der Waals surface area contributed by atoms with Gasteiger partial charge < -0.3 is 10.5 Å². The normalized spacial score (nSPS) is 30.9. The zero-order chi connectivity index (χ0) is 10.7. The predicted molar refractivity (Wildman–Crippen MR) is 60.9 cm³/mol. The van der Waals surface area contributed by atoms with Gasteiger partial charge in [-0.1, -0.05) is 18.2 Å². The first kappa shape index (κ1) is 8.67. The molecule has 0 saturated carbocycles. The number of fused-ring (bicyclic) bond motifs is 6. The van der Waals surface area contributed by atoms with Crippen molar-refractivity contribution in [3.05, 3.63) is 41.6 Å². The van der Waals surface area contributed by atoms with Crippen LogP contribution in [0.1, 0.15) is 29.9 Å². The largest absolute Gasteiger partial charge is 0.362 e. The molecule has 3 atom stereocenters. The summed E-state index contributed by atoms with van der Waals surface area (Å²) in [5.74, 6) is 0. The first-order valence-corrected chi connectivity index (χ1v) is 5.63. The Morgan fingerprint density at radius 2 is 2.19 bits per heavy atom. The van der Waals surface area contributed by atoms with Gasteiger partial charge in [-0.2, -0.15) is 0 Å². The summed E-state index contributed by atoms with van der Waals surface area (Å²) in [6, 6.07) is 10.5. The molecule has 1 aromatic carbocycles. The van der Waals surface area contributed by atoms with Gasteiger partial charge in [-0.05, 0) is 18.6 Å². The molecule has 1 fully saturated rings. The van der Waals surface area contributed by atoms with Gasteiger partial charge in [-0.15, -0.1) is 0 Å². The third kappa shape index (κ3) is 0.970. The second-order valence-electron chi connectivity index (χ2n) is 4.60. The molecule has 1 aromatic heterocycles. The smallest absolute Gasteiger partial charge is 0.116 e. The van der Waals surface area contributed by atoms with Gasteiger partial charge in [0.05, 0.1) is 17.3 Å². The molecule has 2 aliphatic heterocycles. The Morgan fingerprint density at radius 3 is 3.12 bits per heavy atom. The summed E-state index contributed by atoms with van der Waals surface area (Å²) in [5, 5.41) is 1.19. The number of para-hydroxylation sites is 1. The first-order valence-electron chi connectivity index (χ1n) is 5.63. The molecular weight excluding hydrogens is 200 g/mol. The second-order valence-corrected chi connectivity index (χ2v) is 4.60. The molecule has 3 heteroatoms. The molecular formula is C13H12N2O. The van der Waals surface area contributed by atoms with Crippen LogP contribution in [0, 0.1) is 0 Å². The van der Waals surface area contributed by atoms with Gasteiger partial charge in [0.2, 0.25) is 0 Å². The fourth-order valence-corrected chi connectivity index (χ4v) is 2.80. The van der Waals surface area contributed by atoms with E-state index in [-0.39, 0.29) is 18.2 Å². The minimum absolute atomic E-state index is 0.0182. The number of ether oxygens (including phenoxy) is 1. The predicted octanol–water partition coefficient (Wildman–Crippen LogP) is 2.08. The van der Waals surface area contributed by atoms with Crippen LogP contribution in [0.5, 0.6) is 0 Å². The van der Waals surface area contributed by atoms with Crippen LogP contribution in [0.25, 0.3) is 10.9 Å². The second kappa shape index (κ2) is 2.81. The van der Waals surface area contributed by atoms with Crippen LogP contribution in [0.3, 0.4) is 0 Å². The molecule has 3 heterocycles. The molecule has 0 spiro atoms. The van der Waals surface area contributed by atoms with Crippen LogP contribution in [-0.4, -0.2) is 11.0 Å². The summed E-state index contributed by atoms with van der Waals surface area (Å²) >= 11 is 0. The molecule has 2 aromatic rings. The van der Waals surface area contributed by atoms with E-state index in [1.165, 1.54) is 10.9 Å². The Balaban J connectivity index is 2.01. The number of nitrogens with zero attached hydrogens (tertiary/aromatic N) is 1. The van der Waals surface area contributed by atoms with Crippen molar-refractivity contribution in [1.29, 1.82) is 0 Å². The SMILES string of the molecule is NC1CC2OC1c1nc3ccccc3cc12. The van der Waals surface area contributed by atoms with Gasteiger partial charge in [0, 0.05) is 17.0 Å². The molecule has 16 heavy (non-hydrogen) atoms. The molecule has 4 rings (SSSR count). The van der Waals surface area contributed by atoms with E-state index in [0.29, 0.717) is 0 Å². The van der Waals surface area contributed by atoms with Crippen molar-refractivity contribution < 1.29 is 4.74 Å². The highest BCUT2D eigenvalue weighted by molar-refractivity contribution is 5.80. The lowest BCUT2D eigenvalue weighted by Crippen LogP contribution is -2.26. The summed E-state index contributed by atoms with van der Waals surface area (Å²) in [6.07, 6.45) is 1.12. The summed E-state index contributed by atoms with van der Waals surface area (Å²) in [4.78, 5) is 4.68. The van der Waals surface area contributed by atoms with Crippen LogP contribution in [0.4, 0.5) is 0 Å². The number of hydrogen-bond acceptors (Lipinski definition) is 3. The maximum atomic E-state index is 6.01. The standard InChI is InChI=1S/C13H12N2O/c14-9-6-11-8-5-7-3-1-2-4-10(7)15-12(8)13(9)16-11/h1-5,9,11,13H,6,14H2. The first-order chi connectivity index (χ1) is 7.83. The summed E-state index contributed by atoms with van der Waals surface area (Å²) < 4.78 is 5.84. The van der Waals surface area contributed by atoms with E-state index in [1.807, 2.05) is 18.2 Å². The molecule has 0 radical (unpaired) electrons. The van der Waals surface area contributed by atoms with Gasteiger partial charge >= 0.3 is 0 Å². The van der Waals surface area contributed by atoms with Gasteiger partial charge in [0.1, 0.15) is 6.10 Å². The molecule has 2 aliphatic rings. The monoisotopic (exact) mass is 212 g/mol. The van der Waals surface area contributed by atoms with Crippen molar-refractivity contribution in [2.24, 2.45) is 5.73 Å². The molecule has 80 valence electrons. The number of benzene rings is 1. The lowest BCUT2D eigenvalue weighted by Gasteiger charge is -2.16. The lowest BCUT2D eigenvalue weighted by atomic mass is 9.91. The third-order valence-corrected chi connectivity index (χ3v) is 3.59. The van der Waals surface area contributed by atoms with E-state index >= 15 is 0 Å². The van der Waals surface area contributed by atoms with Gasteiger partial charge in [-0.25, -0.2) is 4.98 Å². The fraction of sp³-hybridized carbons (Fsp3) is 0.308. The van der Waals surface area contributed by atoms with E-state index in [2.05, 4.69) is 17.1 Å². The summed E-state index contributed by atoms with van der Waals surface area (Å²) in [6.45, 7) is 0. The van der Waals surface area contributed by atoms with Crippen LogP contribution in [0.2, 0.25) is 0 Å². The maximum Gasteiger partial charge on any atom is 0.116 e. The maximum absolute atomic E-state index is 6.01. The Morgan fingerprint density at radius 1 is 1.31 bits per heavy atom. The van der Waals surface area contributed by atoms with Gasteiger partial charge in [0.25, 0.3) is 0 Å². The van der Waals surface area contributed by atoms with E-state index in [9.17, 15) is 0 Å². The topological polar surface area (TPSA) is 48.1 Å². The minimum Gasteiger partial charge on any atom is -0.362 e. The number of aromatic nitrogens is 1. The number of hydrogen-bond donors (Lipinski definition) is 1. The number of nitrogens with two attached hydrogens (primary N) is 1. The molecule has 2 bridgehead atoms. The summed E-state index contributed by atoms with van der Waals surface area (Å²) in [7, 11) is 0. The van der Waals surface area contributed by atoms with Crippen molar-refractivity contribution in [3.63, 3.8) is 0 Å². The van der Waals surface area contributed by atoms with E-state index in [0.717, 1.165) is 17.6 Å². The van der Waals surface area contributed by atoms with Crippen LogP contribution >= 0.6 is 0 Å². The van der Waals surface area contributed by atoms with Crippen molar-refractivity contribution in [2.75, 3.05) is 0 Å². The Labute approximate surface area is 93.2 Å². The highest BCUT2D eigenvalue weighted by atomic mass is 16.5. The minimum atomic E-state index is 0.0182. The number of rotatable bonds is 0. The van der Waals surface area contributed by atoms with Crippen molar-refractivity contribution in [3.8, 4) is 0 Å². The Hall–Kier alpha value is -1.45. The molecule has 3 nitrogen and oxygen atoms in total. The fourth-order valence-electron chi connectivity index (χ4n) is 2.80. The highest BCUT2D eigenvalue weighted by Crippen LogP contribution is 2.49. The van der Waals surface area contributed by atoms with Crippen molar-refractivity contribution >= 4 is 10.9 Å². The molecule has 2 N–H and O–H groups in total. The van der Waals surface area contributed by atoms with Crippen LogP contribution in [0.15, 0.2) is 30.3 Å². The quantitative estimate of drug-likeness (QED) is 0.727. The van der Waals surface area contributed by atoms with Gasteiger partial charge in [0.15, 0.2) is 0 Å². The average molecular weight is 212 g/mol. The lowest BCUT2D eigenvalue weighted by molar-refractivity contribution is 0.0666. The van der Waals surface area contributed by atoms with Crippen molar-refractivity contribution in [1.82, 2.24) is 4.98 Å². The van der Waals surface area contributed by atoms with Crippen molar-refractivity contribution in [2.45, 2.75) is 24.7 Å². The number of pyridine rings is 1. The van der Waals surface area contributed by atoms with E-state index in [1.54, 1.807) is 0 Å². The third-order valence-electron chi connectivity index (χ3n) is 3.59. The zero-order valence-electron chi connectivity index (χ0n) is 8.76. The van der Waals surface area contributed by atoms with E-state index < -0.39 is 0 Å². The average Bonchev–Trinajstić information content (AvgIpc) is 2.84. The van der Waals surface area contributed by atoms with Crippen LogP contribution < -0.4 is 5.73 Å².